The molecule has 0 saturated heterocycles. The van der Waals surface area contributed by atoms with Gasteiger partial charge >= 0.3 is 5.69 Å². The van der Waals surface area contributed by atoms with E-state index in [1.165, 1.54) is 23.4 Å². The Morgan fingerprint density at radius 3 is 2.86 bits per heavy atom. The third-order valence-electron chi connectivity index (χ3n) is 3.42. The number of rotatable bonds is 3. The molecular weight excluding hydrogens is 272 g/mol. The van der Waals surface area contributed by atoms with Crippen LogP contribution < -0.4 is 11.0 Å². The van der Waals surface area contributed by atoms with Crippen molar-refractivity contribution in [3.8, 4) is 0 Å². The summed E-state index contributed by atoms with van der Waals surface area (Å²) in [6.07, 6.45) is 8.28. The van der Waals surface area contributed by atoms with Gasteiger partial charge in [-0.1, -0.05) is 6.42 Å². The molecule has 0 radical (unpaired) electrons. The van der Waals surface area contributed by atoms with Gasteiger partial charge in [-0.15, -0.1) is 0 Å². The van der Waals surface area contributed by atoms with Crippen LogP contribution in [0, 0.1) is 0 Å². The zero-order valence-corrected chi connectivity index (χ0v) is 11.5. The van der Waals surface area contributed by atoms with E-state index in [1.54, 1.807) is 4.57 Å². The Labute approximate surface area is 120 Å². The van der Waals surface area contributed by atoms with Crippen molar-refractivity contribution in [2.75, 3.05) is 5.32 Å². The Morgan fingerprint density at radius 2 is 2.05 bits per heavy atom. The van der Waals surface area contributed by atoms with E-state index in [9.17, 15) is 9.59 Å². The average molecular weight is 288 g/mol. The van der Waals surface area contributed by atoms with Gasteiger partial charge in [0.25, 0.3) is 0 Å². The van der Waals surface area contributed by atoms with Crippen LogP contribution in [0.25, 0.3) is 0 Å². The first kappa shape index (κ1) is 13.5. The van der Waals surface area contributed by atoms with Crippen molar-refractivity contribution in [1.29, 1.82) is 0 Å². The second-order valence-electron chi connectivity index (χ2n) is 4.99. The standard InChI is InChI=1S/C13H16N6O2/c20-12(16-10-6-14-9-15-7-10)8-19-13(21)18-5-3-1-2-4-11(18)17-19/h6-7,9H,1-5,8H2,(H,16,20). The predicted octanol–water partition coefficient (Wildman–Crippen LogP) is 0.200. The minimum absolute atomic E-state index is 0.103. The molecule has 8 heteroatoms. The number of hydrogen-bond acceptors (Lipinski definition) is 5. The average Bonchev–Trinajstić information content (AvgIpc) is 2.67. The largest absolute Gasteiger partial charge is 0.346 e. The first-order valence-corrected chi connectivity index (χ1v) is 6.95. The van der Waals surface area contributed by atoms with Crippen LogP contribution >= 0.6 is 0 Å². The molecule has 110 valence electrons. The summed E-state index contributed by atoms with van der Waals surface area (Å²) in [5.41, 5.74) is 0.280. The highest BCUT2D eigenvalue weighted by Crippen LogP contribution is 2.10. The van der Waals surface area contributed by atoms with Crippen LogP contribution in [0.5, 0.6) is 0 Å². The summed E-state index contributed by atoms with van der Waals surface area (Å²) in [5.74, 6) is 0.452. The zero-order chi connectivity index (χ0) is 14.7. The maximum atomic E-state index is 12.2. The summed E-state index contributed by atoms with van der Waals surface area (Å²) in [4.78, 5) is 31.8. The molecule has 1 aliphatic rings. The van der Waals surface area contributed by atoms with Crippen molar-refractivity contribution in [3.63, 3.8) is 0 Å². The monoisotopic (exact) mass is 288 g/mol. The molecule has 0 aromatic carbocycles. The van der Waals surface area contributed by atoms with Gasteiger partial charge in [-0.05, 0) is 12.8 Å². The number of aromatic nitrogens is 5. The van der Waals surface area contributed by atoms with E-state index in [2.05, 4.69) is 20.4 Å². The van der Waals surface area contributed by atoms with Gasteiger partial charge in [0.05, 0.1) is 18.1 Å². The van der Waals surface area contributed by atoms with Crippen LogP contribution in [0.1, 0.15) is 25.1 Å². The lowest BCUT2D eigenvalue weighted by atomic mass is 10.2. The zero-order valence-electron chi connectivity index (χ0n) is 11.5. The summed E-state index contributed by atoms with van der Waals surface area (Å²) in [6, 6.07) is 0. The molecule has 1 amide bonds. The molecule has 0 saturated carbocycles. The minimum Gasteiger partial charge on any atom is -0.322 e. The van der Waals surface area contributed by atoms with E-state index in [-0.39, 0.29) is 18.1 Å². The van der Waals surface area contributed by atoms with Gasteiger partial charge in [0.15, 0.2) is 0 Å². The fourth-order valence-corrected chi connectivity index (χ4v) is 2.43. The van der Waals surface area contributed by atoms with E-state index < -0.39 is 0 Å². The van der Waals surface area contributed by atoms with Gasteiger partial charge in [-0.3, -0.25) is 9.36 Å². The normalized spacial score (nSPS) is 14.3. The number of nitrogens with one attached hydrogen (secondary N) is 1. The molecule has 3 heterocycles. The molecule has 0 atom stereocenters. The number of aryl methyl sites for hydroxylation is 1. The molecular formula is C13H16N6O2. The van der Waals surface area contributed by atoms with Gasteiger partial charge in [-0.2, -0.15) is 5.10 Å². The summed E-state index contributed by atoms with van der Waals surface area (Å²) in [7, 11) is 0. The highest BCUT2D eigenvalue weighted by Gasteiger charge is 2.17. The van der Waals surface area contributed by atoms with Gasteiger partial charge in [0.1, 0.15) is 18.7 Å². The van der Waals surface area contributed by atoms with Crippen molar-refractivity contribution in [2.24, 2.45) is 0 Å². The summed E-state index contributed by atoms with van der Waals surface area (Å²) >= 11 is 0. The first-order valence-electron chi connectivity index (χ1n) is 6.95. The van der Waals surface area contributed by atoms with Gasteiger partial charge in [0.2, 0.25) is 5.91 Å². The molecule has 0 spiro atoms. The Hall–Kier alpha value is -2.51. The second kappa shape index (κ2) is 5.86. The van der Waals surface area contributed by atoms with Crippen LogP contribution in [0.3, 0.4) is 0 Å². The molecule has 1 aliphatic heterocycles. The van der Waals surface area contributed by atoms with Gasteiger partial charge in [0, 0.05) is 13.0 Å². The van der Waals surface area contributed by atoms with Gasteiger partial charge < -0.3 is 5.32 Å². The SMILES string of the molecule is O=C(Cn1nc2n(c1=O)CCCCC2)Nc1cncnc1. The van der Waals surface area contributed by atoms with Gasteiger partial charge in [-0.25, -0.2) is 19.4 Å². The topological polar surface area (TPSA) is 94.7 Å². The van der Waals surface area contributed by atoms with E-state index in [1.807, 2.05) is 0 Å². The predicted molar refractivity (Wildman–Crippen MR) is 74.7 cm³/mol. The minimum atomic E-state index is -0.319. The highest BCUT2D eigenvalue weighted by atomic mass is 16.2. The molecule has 0 aliphatic carbocycles. The van der Waals surface area contributed by atoms with Crippen LogP contribution in [0.4, 0.5) is 5.69 Å². The molecule has 1 N–H and O–H groups in total. The molecule has 2 aromatic heterocycles. The lowest BCUT2D eigenvalue weighted by Crippen LogP contribution is -2.30. The van der Waals surface area contributed by atoms with Crippen molar-refractivity contribution >= 4 is 11.6 Å². The maximum absolute atomic E-state index is 12.2. The van der Waals surface area contributed by atoms with Crippen LogP contribution in [0.15, 0.2) is 23.5 Å². The number of carbonyl (C=O) groups excluding carboxylic acids is 1. The van der Waals surface area contributed by atoms with Crippen molar-refractivity contribution in [1.82, 2.24) is 24.3 Å². The number of hydrogen-bond donors (Lipinski definition) is 1. The molecule has 0 unspecified atom stereocenters. The quantitative estimate of drug-likeness (QED) is 0.870. The van der Waals surface area contributed by atoms with Crippen molar-refractivity contribution < 1.29 is 4.79 Å². The molecule has 0 bridgehead atoms. The van der Waals surface area contributed by atoms with Crippen LogP contribution in [-0.2, 0) is 24.3 Å². The van der Waals surface area contributed by atoms with E-state index >= 15 is 0 Å². The number of nitrogens with zero attached hydrogens (tertiary/aromatic N) is 5. The third kappa shape index (κ3) is 2.99. The first-order chi connectivity index (χ1) is 10.2. The Morgan fingerprint density at radius 1 is 1.24 bits per heavy atom. The number of anilines is 1. The Bertz CT molecular complexity index is 690. The lowest BCUT2D eigenvalue weighted by molar-refractivity contribution is -0.117. The van der Waals surface area contributed by atoms with E-state index in [0.717, 1.165) is 31.5 Å². The van der Waals surface area contributed by atoms with E-state index in [0.29, 0.717) is 12.2 Å². The Balaban J connectivity index is 1.73. The summed E-state index contributed by atoms with van der Waals surface area (Å²) < 4.78 is 2.89. The molecule has 2 aromatic rings. The maximum Gasteiger partial charge on any atom is 0.346 e. The smallest absolute Gasteiger partial charge is 0.322 e. The molecule has 21 heavy (non-hydrogen) atoms. The summed E-state index contributed by atoms with van der Waals surface area (Å²) in [6.45, 7) is 0.579. The van der Waals surface area contributed by atoms with E-state index in [4.69, 9.17) is 0 Å². The molecule has 3 rings (SSSR count). The highest BCUT2D eigenvalue weighted by molar-refractivity contribution is 5.90. The fraction of sp³-hybridized carbons (Fsp3) is 0.462. The molecule has 0 fully saturated rings. The lowest BCUT2D eigenvalue weighted by Gasteiger charge is -2.03. The summed E-state index contributed by atoms with van der Waals surface area (Å²) in [5, 5.41) is 6.90. The van der Waals surface area contributed by atoms with Crippen molar-refractivity contribution in [2.45, 2.75) is 38.8 Å². The number of carbonyl (C=O) groups is 1. The molecule has 8 nitrogen and oxygen atoms in total. The van der Waals surface area contributed by atoms with Crippen LogP contribution in [0.2, 0.25) is 0 Å². The number of amides is 1. The third-order valence-corrected chi connectivity index (χ3v) is 3.42. The number of fused-ring (bicyclic) bond motifs is 1. The van der Waals surface area contributed by atoms with Crippen molar-refractivity contribution in [3.05, 3.63) is 35.0 Å². The van der Waals surface area contributed by atoms with Crippen LogP contribution in [-0.4, -0.2) is 30.2 Å². The second-order valence-corrected chi connectivity index (χ2v) is 4.99. The fourth-order valence-electron chi connectivity index (χ4n) is 2.43. The Kier molecular flexibility index (Phi) is 3.76.